The summed E-state index contributed by atoms with van der Waals surface area (Å²) in [6.45, 7) is 1.34. The number of aliphatic hydroxyl groups excluding tert-OH is 1. The van der Waals surface area contributed by atoms with Gasteiger partial charge in [0, 0.05) is 37.3 Å². The predicted molar refractivity (Wildman–Crippen MR) is 99.4 cm³/mol. The molecule has 2 heterocycles. The van der Waals surface area contributed by atoms with Crippen molar-refractivity contribution >= 4 is 5.91 Å². The molecule has 0 bridgehead atoms. The number of hydrogen-bond acceptors (Lipinski definition) is 4. The highest BCUT2D eigenvalue weighted by Crippen LogP contribution is 2.50. The van der Waals surface area contributed by atoms with Crippen LogP contribution in [-0.4, -0.2) is 40.1 Å². The van der Waals surface area contributed by atoms with Crippen molar-refractivity contribution in [1.29, 1.82) is 0 Å². The number of rotatable bonds is 3. The lowest BCUT2D eigenvalue weighted by molar-refractivity contribution is -0.133. The van der Waals surface area contributed by atoms with E-state index in [2.05, 4.69) is 11.1 Å². The van der Waals surface area contributed by atoms with Crippen molar-refractivity contribution in [3.8, 4) is 0 Å². The third-order valence-electron chi connectivity index (χ3n) is 6.12. The molecule has 0 radical (unpaired) electrons. The van der Waals surface area contributed by atoms with E-state index < -0.39 is 6.10 Å². The second kappa shape index (κ2) is 6.82. The van der Waals surface area contributed by atoms with Crippen molar-refractivity contribution in [2.45, 2.75) is 43.2 Å². The van der Waals surface area contributed by atoms with E-state index in [0.717, 1.165) is 24.0 Å². The number of hydrogen-bond donors (Lipinski definition) is 2. The van der Waals surface area contributed by atoms with Gasteiger partial charge in [-0.05, 0) is 42.0 Å². The summed E-state index contributed by atoms with van der Waals surface area (Å²) in [7, 11) is 0. The third kappa shape index (κ3) is 2.81. The minimum absolute atomic E-state index is 0.175. The Bertz CT molecular complexity index is 785. The first kappa shape index (κ1) is 17.2. The van der Waals surface area contributed by atoms with Gasteiger partial charge in [0.15, 0.2) is 0 Å². The van der Waals surface area contributed by atoms with Crippen molar-refractivity contribution in [3.05, 3.63) is 65.5 Å². The molecular formula is C21H25N3O2. The van der Waals surface area contributed by atoms with E-state index in [-0.39, 0.29) is 17.4 Å². The quantitative estimate of drug-likeness (QED) is 0.886. The number of fused-ring (bicyclic) bond motifs is 2. The fraction of sp³-hybridized carbons (Fsp3) is 0.429. The third-order valence-corrected chi connectivity index (χ3v) is 6.12. The zero-order chi connectivity index (χ0) is 18.1. The molecule has 4 rings (SSSR count). The molecule has 1 aliphatic carbocycles. The van der Waals surface area contributed by atoms with Crippen LogP contribution in [0.3, 0.4) is 0 Å². The first-order chi connectivity index (χ1) is 12.6. The molecular weight excluding hydrogens is 326 g/mol. The molecule has 5 heteroatoms. The number of nitrogens with zero attached hydrogens (tertiary/aromatic N) is 2. The minimum atomic E-state index is -0.576. The highest BCUT2D eigenvalue weighted by Gasteiger charge is 2.51. The van der Waals surface area contributed by atoms with Crippen LogP contribution in [0.15, 0.2) is 48.8 Å². The van der Waals surface area contributed by atoms with Crippen LogP contribution in [0.25, 0.3) is 0 Å². The van der Waals surface area contributed by atoms with E-state index in [1.54, 1.807) is 6.20 Å². The molecule has 1 aliphatic heterocycles. The van der Waals surface area contributed by atoms with Crippen LogP contribution >= 0.6 is 0 Å². The van der Waals surface area contributed by atoms with Gasteiger partial charge in [0.05, 0.1) is 12.1 Å². The fourth-order valence-electron chi connectivity index (χ4n) is 4.59. The molecule has 1 saturated heterocycles. The molecule has 1 spiro atoms. The van der Waals surface area contributed by atoms with Crippen LogP contribution in [-0.2, 0) is 16.6 Å². The fourth-order valence-corrected chi connectivity index (χ4v) is 4.59. The van der Waals surface area contributed by atoms with Gasteiger partial charge in [-0.1, -0.05) is 30.3 Å². The number of piperidine rings is 1. The topological polar surface area (TPSA) is 79.5 Å². The van der Waals surface area contributed by atoms with Gasteiger partial charge in [0.1, 0.15) is 0 Å². The Morgan fingerprint density at radius 3 is 2.73 bits per heavy atom. The predicted octanol–water partition coefficient (Wildman–Crippen LogP) is 1.95. The smallest absolute Gasteiger partial charge is 0.222 e. The molecule has 1 aromatic carbocycles. The molecule has 5 nitrogen and oxygen atoms in total. The largest absolute Gasteiger partial charge is 0.390 e. The summed E-state index contributed by atoms with van der Waals surface area (Å²) in [5.41, 5.74) is 9.26. The Morgan fingerprint density at radius 2 is 2.00 bits per heavy atom. The summed E-state index contributed by atoms with van der Waals surface area (Å²) in [6, 6.07) is 11.7. The number of carbonyl (C=O) groups excluding carboxylic acids is 1. The van der Waals surface area contributed by atoms with Gasteiger partial charge in [-0.25, -0.2) is 0 Å². The van der Waals surface area contributed by atoms with Crippen LogP contribution in [0, 0.1) is 0 Å². The second-order valence-electron chi connectivity index (χ2n) is 7.46. The SMILES string of the molecule is N[C@H]1c2ccccc2C2(CCN(C(=O)CCc3cccnc3)CC2)[C@@H]1O. The zero-order valence-corrected chi connectivity index (χ0v) is 14.8. The maximum Gasteiger partial charge on any atom is 0.222 e. The van der Waals surface area contributed by atoms with Crippen molar-refractivity contribution < 1.29 is 9.90 Å². The highest BCUT2D eigenvalue weighted by molar-refractivity contribution is 5.76. The number of nitrogens with two attached hydrogens (primary N) is 1. The number of pyridine rings is 1. The van der Waals surface area contributed by atoms with Gasteiger partial charge >= 0.3 is 0 Å². The van der Waals surface area contributed by atoms with Crippen molar-refractivity contribution in [2.24, 2.45) is 5.73 Å². The van der Waals surface area contributed by atoms with Gasteiger partial charge in [0.2, 0.25) is 5.91 Å². The molecule has 2 atom stereocenters. The average molecular weight is 351 g/mol. The van der Waals surface area contributed by atoms with Crippen molar-refractivity contribution in [3.63, 3.8) is 0 Å². The summed E-state index contributed by atoms with van der Waals surface area (Å²) in [4.78, 5) is 18.6. The average Bonchev–Trinajstić information content (AvgIpc) is 2.90. The molecule has 0 unspecified atom stereocenters. The van der Waals surface area contributed by atoms with Gasteiger partial charge in [-0.2, -0.15) is 0 Å². The first-order valence-electron chi connectivity index (χ1n) is 9.31. The lowest BCUT2D eigenvalue weighted by Gasteiger charge is -2.42. The van der Waals surface area contributed by atoms with Crippen LogP contribution in [0.5, 0.6) is 0 Å². The first-order valence-corrected chi connectivity index (χ1v) is 9.31. The van der Waals surface area contributed by atoms with Crippen molar-refractivity contribution in [2.75, 3.05) is 13.1 Å². The Kier molecular flexibility index (Phi) is 4.51. The lowest BCUT2D eigenvalue weighted by atomic mass is 9.72. The van der Waals surface area contributed by atoms with Gasteiger partial charge in [-0.3, -0.25) is 9.78 Å². The van der Waals surface area contributed by atoms with Gasteiger partial charge in [0.25, 0.3) is 0 Å². The number of benzene rings is 1. The Balaban J connectivity index is 1.42. The van der Waals surface area contributed by atoms with Crippen LogP contribution in [0.2, 0.25) is 0 Å². The van der Waals surface area contributed by atoms with Crippen molar-refractivity contribution in [1.82, 2.24) is 9.88 Å². The molecule has 1 fully saturated rings. The molecule has 1 amide bonds. The Hall–Kier alpha value is -2.24. The Labute approximate surface area is 153 Å². The normalized spacial score (nSPS) is 23.8. The Morgan fingerprint density at radius 1 is 1.23 bits per heavy atom. The summed E-state index contributed by atoms with van der Waals surface area (Å²) >= 11 is 0. The van der Waals surface area contributed by atoms with E-state index in [1.807, 2.05) is 41.4 Å². The zero-order valence-electron chi connectivity index (χ0n) is 14.8. The number of aromatic nitrogens is 1. The summed E-state index contributed by atoms with van der Waals surface area (Å²) in [5.74, 6) is 0.175. The number of amides is 1. The maximum absolute atomic E-state index is 12.6. The number of likely N-dealkylation sites (tertiary alicyclic amines) is 1. The molecule has 2 aromatic rings. The van der Waals surface area contributed by atoms with Crippen LogP contribution < -0.4 is 5.73 Å². The number of aryl methyl sites for hydroxylation is 1. The van der Waals surface area contributed by atoms with Crippen LogP contribution in [0.4, 0.5) is 0 Å². The molecule has 1 aromatic heterocycles. The number of aliphatic hydroxyl groups is 1. The van der Waals surface area contributed by atoms with E-state index in [1.165, 1.54) is 5.56 Å². The van der Waals surface area contributed by atoms with Gasteiger partial charge < -0.3 is 15.7 Å². The van der Waals surface area contributed by atoms with E-state index in [4.69, 9.17) is 5.73 Å². The van der Waals surface area contributed by atoms with Crippen LogP contribution in [0.1, 0.15) is 42.0 Å². The number of carbonyl (C=O) groups is 1. The summed E-state index contributed by atoms with van der Waals surface area (Å²) in [6.07, 6.45) is 5.71. The van der Waals surface area contributed by atoms with Gasteiger partial charge in [-0.15, -0.1) is 0 Å². The molecule has 0 saturated carbocycles. The summed E-state index contributed by atoms with van der Waals surface area (Å²) in [5, 5.41) is 10.8. The monoisotopic (exact) mass is 351 g/mol. The minimum Gasteiger partial charge on any atom is -0.390 e. The van der Waals surface area contributed by atoms with E-state index in [0.29, 0.717) is 25.9 Å². The second-order valence-corrected chi connectivity index (χ2v) is 7.46. The van der Waals surface area contributed by atoms with E-state index in [9.17, 15) is 9.90 Å². The summed E-state index contributed by atoms with van der Waals surface area (Å²) < 4.78 is 0. The standard InChI is InChI=1S/C21H25N3O2/c22-19-16-5-1-2-6-17(16)21(20(19)26)9-12-24(13-10-21)18(25)8-7-15-4-3-11-23-14-15/h1-6,11,14,19-20,26H,7-10,12-13,22H2/t19-,20+/m0/s1. The molecule has 3 N–H and O–H groups in total. The maximum atomic E-state index is 12.6. The highest BCUT2D eigenvalue weighted by atomic mass is 16.3. The van der Waals surface area contributed by atoms with E-state index >= 15 is 0 Å². The molecule has 26 heavy (non-hydrogen) atoms. The molecule has 2 aliphatic rings. The molecule has 136 valence electrons. The lowest BCUT2D eigenvalue weighted by Crippen LogP contribution is -2.50.